The fraction of sp³-hybridized carbons (Fsp3) is 0.312. The van der Waals surface area contributed by atoms with Crippen molar-refractivity contribution in [1.29, 1.82) is 0 Å². The highest BCUT2D eigenvalue weighted by Crippen LogP contribution is 2.14. The summed E-state index contributed by atoms with van der Waals surface area (Å²) in [5.41, 5.74) is 0.417. The molecule has 0 radical (unpaired) electrons. The SMILES string of the molecule is COCCN(Cc1ccco1)C(=O)c1ccc(S(C)(=O)=O)cc1. The number of ether oxygens (including phenoxy) is 1. The van der Waals surface area contributed by atoms with E-state index >= 15 is 0 Å². The van der Waals surface area contributed by atoms with Crippen LogP contribution in [0.5, 0.6) is 0 Å². The molecule has 1 heterocycles. The lowest BCUT2D eigenvalue weighted by molar-refractivity contribution is 0.0666. The van der Waals surface area contributed by atoms with Crippen molar-refractivity contribution in [3.05, 3.63) is 54.0 Å². The van der Waals surface area contributed by atoms with Crippen LogP contribution in [0.25, 0.3) is 0 Å². The molecule has 0 unspecified atom stereocenters. The molecule has 0 fully saturated rings. The molecule has 2 aromatic rings. The molecule has 0 spiro atoms. The summed E-state index contributed by atoms with van der Waals surface area (Å²) in [4.78, 5) is 14.4. The van der Waals surface area contributed by atoms with Crippen LogP contribution in [0.3, 0.4) is 0 Å². The number of methoxy groups -OCH3 is 1. The summed E-state index contributed by atoms with van der Waals surface area (Å²) in [6, 6.07) is 9.45. The first-order valence-corrected chi connectivity index (χ1v) is 8.91. The molecule has 0 N–H and O–H groups in total. The number of amides is 1. The molecule has 0 saturated heterocycles. The van der Waals surface area contributed by atoms with Gasteiger partial charge in [0.1, 0.15) is 5.76 Å². The molecular formula is C16H19NO5S. The van der Waals surface area contributed by atoms with Crippen LogP contribution >= 0.6 is 0 Å². The van der Waals surface area contributed by atoms with Gasteiger partial charge in [-0.05, 0) is 36.4 Å². The number of furan rings is 1. The van der Waals surface area contributed by atoms with Crippen molar-refractivity contribution >= 4 is 15.7 Å². The van der Waals surface area contributed by atoms with Gasteiger partial charge in [-0.2, -0.15) is 0 Å². The van der Waals surface area contributed by atoms with Crippen molar-refractivity contribution in [2.24, 2.45) is 0 Å². The van der Waals surface area contributed by atoms with Crippen LogP contribution in [0.4, 0.5) is 0 Å². The third kappa shape index (κ3) is 4.67. The van der Waals surface area contributed by atoms with Crippen LogP contribution < -0.4 is 0 Å². The normalized spacial score (nSPS) is 11.4. The second-order valence-electron chi connectivity index (χ2n) is 5.10. The number of hydrogen-bond donors (Lipinski definition) is 0. The van der Waals surface area contributed by atoms with Gasteiger partial charge in [-0.15, -0.1) is 0 Å². The highest BCUT2D eigenvalue weighted by Gasteiger charge is 2.18. The smallest absolute Gasteiger partial charge is 0.254 e. The molecule has 0 aliphatic carbocycles. The lowest BCUT2D eigenvalue weighted by atomic mass is 10.2. The number of carbonyl (C=O) groups is 1. The average molecular weight is 337 g/mol. The lowest BCUT2D eigenvalue weighted by Gasteiger charge is -2.21. The Morgan fingerprint density at radius 1 is 1.22 bits per heavy atom. The standard InChI is InChI=1S/C16H19NO5S/c1-21-11-9-17(12-14-4-3-10-22-14)16(18)13-5-7-15(8-6-13)23(2,19)20/h3-8,10H,9,11-12H2,1-2H3. The molecule has 0 atom stereocenters. The van der Waals surface area contributed by atoms with Gasteiger partial charge in [-0.25, -0.2) is 8.42 Å². The number of nitrogens with zero attached hydrogens (tertiary/aromatic N) is 1. The topological polar surface area (TPSA) is 76.8 Å². The Hall–Kier alpha value is -2.12. The van der Waals surface area contributed by atoms with E-state index in [2.05, 4.69) is 0 Å². The monoisotopic (exact) mass is 337 g/mol. The Bertz CT molecular complexity index is 735. The molecule has 124 valence electrons. The highest BCUT2D eigenvalue weighted by atomic mass is 32.2. The second-order valence-corrected chi connectivity index (χ2v) is 7.11. The first kappa shape index (κ1) is 17.2. The molecule has 1 aromatic carbocycles. The number of sulfone groups is 1. The number of rotatable bonds is 7. The van der Waals surface area contributed by atoms with Gasteiger partial charge in [0.25, 0.3) is 5.91 Å². The number of carbonyl (C=O) groups excluding carboxylic acids is 1. The molecule has 0 aliphatic rings. The molecule has 6 nitrogen and oxygen atoms in total. The third-order valence-corrected chi connectivity index (χ3v) is 4.44. The van der Waals surface area contributed by atoms with Gasteiger partial charge >= 0.3 is 0 Å². The van der Waals surface area contributed by atoms with Gasteiger partial charge in [0, 0.05) is 25.5 Å². The minimum atomic E-state index is -3.28. The first-order valence-electron chi connectivity index (χ1n) is 7.02. The second kappa shape index (κ2) is 7.43. The lowest BCUT2D eigenvalue weighted by Crippen LogP contribution is -2.33. The fourth-order valence-corrected chi connectivity index (χ4v) is 2.70. The molecule has 0 bridgehead atoms. The summed E-state index contributed by atoms with van der Waals surface area (Å²) in [6.45, 7) is 1.13. The Balaban J connectivity index is 2.18. The maximum Gasteiger partial charge on any atom is 0.254 e. The molecule has 1 aromatic heterocycles. The molecule has 0 saturated carbocycles. The van der Waals surface area contributed by atoms with E-state index in [9.17, 15) is 13.2 Å². The minimum absolute atomic E-state index is 0.184. The van der Waals surface area contributed by atoms with Crippen LogP contribution in [-0.4, -0.2) is 45.7 Å². The van der Waals surface area contributed by atoms with Gasteiger partial charge < -0.3 is 14.1 Å². The fourth-order valence-electron chi connectivity index (χ4n) is 2.07. The zero-order valence-corrected chi connectivity index (χ0v) is 13.9. The summed E-state index contributed by atoms with van der Waals surface area (Å²) >= 11 is 0. The number of hydrogen-bond acceptors (Lipinski definition) is 5. The van der Waals surface area contributed by atoms with Gasteiger partial charge in [0.05, 0.1) is 24.3 Å². The van der Waals surface area contributed by atoms with Crippen LogP contribution in [0.15, 0.2) is 52.0 Å². The van der Waals surface area contributed by atoms with Crippen molar-refractivity contribution in [3.63, 3.8) is 0 Å². The molecule has 2 rings (SSSR count). The predicted molar refractivity (Wildman–Crippen MR) is 84.9 cm³/mol. The molecular weight excluding hydrogens is 318 g/mol. The van der Waals surface area contributed by atoms with E-state index in [1.165, 1.54) is 24.3 Å². The van der Waals surface area contributed by atoms with E-state index in [1.54, 1.807) is 30.4 Å². The van der Waals surface area contributed by atoms with Gasteiger partial charge in [0.15, 0.2) is 9.84 Å². The summed E-state index contributed by atoms with van der Waals surface area (Å²) in [6.07, 6.45) is 2.68. The van der Waals surface area contributed by atoms with Crippen LogP contribution in [-0.2, 0) is 21.1 Å². The Kier molecular flexibility index (Phi) is 5.57. The Morgan fingerprint density at radius 2 is 1.91 bits per heavy atom. The average Bonchev–Trinajstić information content (AvgIpc) is 3.03. The van der Waals surface area contributed by atoms with E-state index in [-0.39, 0.29) is 10.8 Å². The van der Waals surface area contributed by atoms with Gasteiger partial charge in [-0.1, -0.05) is 0 Å². The van der Waals surface area contributed by atoms with Crippen molar-refractivity contribution in [2.75, 3.05) is 26.5 Å². The van der Waals surface area contributed by atoms with E-state index < -0.39 is 9.84 Å². The largest absolute Gasteiger partial charge is 0.467 e. The zero-order chi connectivity index (χ0) is 16.9. The maximum absolute atomic E-state index is 12.6. The van der Waals surface area contributed by atoms with Gasteiger partial charge in [-0.3, -0.25) is 4.79 Å². The predicted octanol–water partition coefficient (Wildman–Crippen LogP) is 1.97. The molecule has 23 heavy (non-hydrogen) atoms. The highest BCUT2D eigenvalue weighted by molar-refractivity contribution is 7.90. The van der Waals surface area contributed by atoms with E-state index in [4.69, 9.17) is 9.15 Å². The van der Waals surface area contributed by atoms with Crippen molar-refractivity contribution in [3.8, 4) is 0 Å². The molecule has 1 amide bonds. The quantitative estimate of drug-likeness (QED) is 0.772. The van der Waals surface area contributed by atoms with E-state index in [1.807, 2.05) is 0 Å². The zero-order valence-electron chi connectivity index (χ0n) is 13.1. The van der Waals surface area contributed by atoms with Crippen molar-refractivity contribution in [2.45, 2.75) is 11.4 Å². The summed E-state index contributed by atoms with van der Waals surface area (Å²) in [7, 11) is -1.71. The third-order valence-electron chi connectivity index (χ3n) is 3.31. The molecule has 0 aliphatic heterocycles. The van der Waals surface area contributed by atoms with E-state index in [0.717, 1.165) is 6.26 Å². The van der Waals surface area contributed by atoms with Crippen LogP contribution in [0.2, 0.25) is 0 Å². The van der Waals surface area contributed by atoms with Crippen LogP contribution in [0.1, 0.15) is 16.1 Å². The minimum Gasteiger partial charge on any atom is -0.467 e. The summed E-state index contributed by atoms with van der Waals surface area (Å²) in [5.74, 6) is 0.459. The van der Waals surface area contributed by atoms with E-state index in [0.29, 0.717) is 31.0 Å². The summed E-state index contributed by atoms with van der Waals surface area (Å²) < 4.78 is 33.3. The Morgan fingerprint density at radius 3 is 2.43 bits per heavy atom. The van der Waals surface area contributed by atoms with Gasteiger partial charge in [0.2, 0.25) is 0 Å². The van der Waals surface area contributed by atoms with Crippen molar-refractivity contribution < 1.29 is 22.4 Å². The number of benzene rings is 1. The van der Waals surface area contributed by atoms with Crippen molar-refractivity contribution in [1.82, 2.24) is 4.90 Å². The first-order chi connectivity index (χ1) is 10.9. The maximum atomic E-state index is 12.6. The molecule has 7 heteroatoms. The Labute approximate surface area is 135 Å². The van der Waals surface area contributed by atoms with Crippen LogP contribution in [0, 0.1) is 0 Å². The summed E-state index contributed by atoms with van der Waals surface area (Å²) in [5, 5.41) is 0.